The summed E-state index contributed by atoms with van der Waals surface area (Å²) in [5, 5.41) is 4.21. The van der Waals surface area contributed by atoms with Crippen LogP contribution in [0.2, 0.25) is 5.02 Å². The van der Waals surface area contributed by atoms with E-state index in [0.717, 1.165) is 27.0 Å². The number of nitrogens with zero attached hydrogens (tertiary/aromatic N) is 1. The monoisotopic (exact) mass is 541 g/mol. The molecule has 4 heterocycles. The van der Waals surface area contributed by atoms with Gasteiger partial charge in [0.2, 0.25) is 17.7 Å². The standard InChI is InChI=1S/C25H20ClN3O5S2/c26-10-3-5-11(6-4-10)27-15(30)9-29-23(31)17-12-8-13(18(17)24(29)32)20-16(12)19(14-2-1-7-34-14)21-22(35-20)28-25(33)36-21/h1-7,12-13,16-20H,8-9H2,(H,27,30)(H,28,33). The Morgan fingerprint density at radius 2 is 1.86 bits per heavy atom. The van der Waals surface area contributed by atoms with Gasteiger partial charge in [0.15, 0.2) is 0 Å². The second-order valence-electron chi connectivity index (χ2n) is 9.79. The van der Waals surface area contributed by atoms with E-state index in [2.05, 4.69) is 10.3 Å². The average Bonchev–Trinajstić information content (AvgIpc) is 3.66. The number of thiazole rings is 1. The van der Waals surface area contributed by atoms with Gasteiger partial charge in [-0.25, -0.2) is 0 Å². The first-order valence-electron chi connectivity index (χ1n) is 11.7. The second kappa shape index (κ2) is 8.09. The summed E-state index contributed by atoms with van der Waals surface area (Å²) in [6.07, 6.45) is 2.42. The average molecular weight is 542 g/mol. The highest BCUT2D eigenvalue weighted by molar-refractivity contribution is 8.00. The number of furan rings is 1. The van der Waals surface area contributed by atoms with Crippen LogP contribution in [0.1, 0.15) is 23.0 Å². The van der Waals surface area contributed by atoms with Crippen LogP contribution in [0.4, 0.5) is 5.69 Å². The molecular formula is C25H20ClN3O5S2. The molecule has 36 heavy (non-hydrogen) atoms. The van der Waals surface area contributed by atoms with Gasteiger partial charge in [-0.1, -0.05) is 22.9 Å². The lowest BCUT2D eigenvalue weighted by Crippen LogP contribution is -2.42. The maximum absolute atomic E-state index is 13.6. The zero-order chi connectivity index (χ0) is 24.7. The van der Waals surface area contributed by atoms with Crippen molar-refractivity contribution in [2.24, 2.45) is 29.6 Å². The van der Waals surface area contributed by atoms with Crippen LogP contribution in [0.3, 0.4) is 0 Å². The van der Waals surface area contributed by atoms with Crippen LogP contribution in [0.25, 0.3) is 0 Å². The fourth-order valence-electron chi connectivity index (χ4n) is 6.90. The quantitative estimate of drug-likeness (QED) is 0.486. The predicted molar refractivity (Wildman–Crippen MR) is 134 cm³/mol. The summed E-state index contributed by atoms with van der Waals surface area (Å²) in [6.45, 7) is -0.308. The fourth-order valence-corrected chi connectivity index (χ4v) is 9.89. The van der Waals surface area contributed by atoms with Crippen molar-refractivity contribution in [2.45, 2.75) is 22.6 Å². The lowest BCUT2D eigenvalue weighted by molar-refractivity contribution is -0.143. The Kier molecular flexibility index (Phi) is 5.03. The van der Waals surface area contributed by atoms with Crippen LogP contribution in [0.15, 0.2) is 56.9 Å². The SMILES string of the molecule is O=C(CN1C(=O)C2C3CC(C2C1=O)C1C(c2ccco2)c2sc(=O)[nH]c2SC31)Nc1ccc(Cl)cc1. The number of benzene rings is 1. The summed E-state index contributed by atoms with van der Waals surface area (Å²) in [5.41, 5.74) is 0.549. The minimum absolute atomic E-state index is 0.00444. The number of halogens is 1. The molecule has 2 bridgehead atoms. The number of imide groups is 1. The van der Waals surface area contributed by atoms with Gasteiger partial charge in [0, 0.05) is 16.0 Å². The maximum Gasteiger partial charge on any atom is 0.305 e. The molecule has 1 saturated heterocycles. The number of likely N-dealkylation sites (tertiary alicyclic amines) is 1. The molecule has 7 rings (SSSR count). The van der Waals surface area contributed by atoms with Gasteiger partial charge in [0.25, 0.3) is 0 Å². The van der Waals surface area contributed by atoms with Gasteiger partial charge in [0.1, 0.15) is 12.3 Å². The molecule has 4 aliphatic rings. The summed E-state index contributed by atoms with van der Waals surface area (Å²) in [7, 11) is 0. The molecule has 3 amide bonds. The van der Waals surface area contributed by atoms with E-state index in [-0.39, 0.29) is 52.2 Å². The number of nitrogens with one attached hydrogen (secondary N) is 2. The van der Waals surface area contributed by atoms with Gasteiger partial charge >= 0.3 is 4.87 Å². The molecule has 184 valence electrons. The lowest BCUT2D eigenvalue weighted by Gasteiger charge is -2.42. The maximum atomic E-state index is 13.6. The smallest absolute Gasteiger partial charge is 0.305 e. The molecule has 1 aromatic carbocycles. The number of amides is 3. The van der Waals surface area contributed by atoms with E-state index in [1.54, 1.807) is 42.3 Å². The molecule has 2 saturated carbocycles. The van der Waals surface area contributed by atoms with Crippen molar-refractivity contribution in [3.63, 3.8) is 0 Å². The van der Waals surface area contributed by atoms with Gasteiger partial charge in [0.05, 0.1) is 33.9 Å². The largest absolute Gasteiger partial charge is 0.469 e. The first-order valence-corrected chi connectivity index (χ1v) is 13.8. The van der Waals surface area contributed by atoms with E-state index >= 15 is 0 Å². The highest BCUT2D eigenvalue weighted by atomic mass is 35.5. The number of H-pyrrole nitrogens is 1. The number of rotatable bonds is 4. The zero-order valence-corrected chi connectivity index (χ0v) is 21.1. The molecule has 0 radical (unpaired) electrons. The van der Waals surface area contributed by atoms with Crippen LogP contribution < -0.4 is 10.2 Å². The van der Waals surface area contributed by atoms with Crippen molar-refractivity contribution in [3.8, 4) is 0 Å². The van der Waals surface area contributed by atoms with Crippen LogP contribution in [-0.2, 0) is 14.4 Å². The summed E-state index contributed by atoms with van der Waals surface area (Å²) in [4.78, 5) is 56.9. The molecule has 11 heteroatoms. The number of carbonyl (C=O) groups is 3. The van der Waals surface area contributed by atoms with E-state index in [1.807, 2.05) is 12.1 Å². The first-order chi connectivity index (χ1) is 17.4. The van der Waals surface area contributed by atoms with Gasteiger partial charge in [-0.2, -0.15) is 0 Å². The molecular weight excluding hydrogens is 522 g/mol. The predicted octanol–water partition coefficient (Wildman–Crippen LogP) is 3.79. The van der Waals surface area contributed by atoms with E-state index in [9.17, 15) is 19.2 Å². The Morgan fingerprint density at radius 3 is 2.58 bits per heavy atom. The Hall–Kier alpha value is -2.82. The minimum atomic E-state index is -0.442. The van der Waals surface area contributed by atoms with Crippen LogP contribution in [0.5, 0.6) is 0 Å². The number of carbonyl (C=O) groups excluding carboxylic acids is 3. The second-order valence-corrected chi connectivity index (χ2v) is 12.4. The highest BCUT2D eigenvalue weighted by Crippen LogP contribution is 2.68. The molecule has 7 unspecified atom stereocenters. The molecule has 8 nitrogen and oxygen atoms in total. The highest BCUT2D eigenvalue weighted by Gasteiger charge is 2.69. The van der Waals surface area contributed by atoms with E-state index in [4.69, 9.17) is 16.0 Å². The minimum Gasteiger partial charge on any atom is -0.469 e. The molecule has 2 aliphatic carbocycles. The number of anilines is 1. The van der Waals surface area contributed by atoms with Crippen LogP contribution in [0, 0.1) is 29.6 Å². The fraction of sp³-hybridized carbons (Fsp3) is 0.360. The molecule has 7 atom stereocenters. The number of hydrogen-bond acceptors (Lipinski definition) is 7. The van der Waals surface area contributed by atoms with Gasteiger partial charge in [-0.05, 0) is 60.6 Å². The topological polar surface area (TPSA) is 112 Å². The van der Waals surface area contributed by atoms with Crippen LogP contribution >= 0.6 is 34.7 Å². The number of aromatic nitrogens is 1. The zero-order valence-electron chi connectivity index (χ0n) is 18.7. The van der Waals surface area contributed by atoms with Crippen LogP contribution in [-0.4, -0.2) is 39.4 Å². The third-order valence-corrected chi connectivity index (χ3v) is 10.9. The third kappa shape index (κ3) is 3.20. The molecule has 2 aromatic heterocycles. The Balaban J connectivity index is 1.17. The number of aromatic amines is 1. The van der Waals surface area contributed by atoms with Gasteiger partial charge in [-0.3, -0.25) is 24.1 Å². The van der Waals surface area contributed by atoms with E-state index in [1.165, 1.54) is 11.3 Å². The van der Waals surface area contributed by atoms with Crippen molar-refractivity contribution >= 4 is 58.1 Å². The molecule has 0 spiro atoms. The summed E-state index contributed by atoms with van der Waals surface area (Å²) in [6, 6.07) is 10.4. The summed E-state index contributed by atoms with van der Waals surface area (Å²) < 4.78 is 5.81. The normalized spacial score (nSPS) is 31.9. The lowest BCUT2D eigenvalue weighted by atomic mass is 9.69. The van der Waals surface area contributed by atoms with Gasteiger partial charge < -0.3 is 14.7 Å². The van der Waals surface area contributed by atoms with Crippen molar-refractivity contribution in [1.29, 1.82) is 0 Å². The summed E-state index contributed by atoms with van der Waals surface area (Å²) >= 11 is 8.72. The molecule has 2 N–H and O–H groups in total. The Labute approximate surface area is 218 Å². The van der Waals surface area contributed by atoms with Crippen molar-refractivity contribution in [2.75, 3.05) is 11.9 Å². The van der Waals surface area contributed by atoms with E-state index in [0.29, 0.717) is 10.7 Å². The number of thioether (sulfide) groups is 1. The van der Waals surface area contributed by atoms with Crippen molar-refractivity contribution in [1.82, 2.24) is 9.88 Å². The van der Waals surface area contributed by atoms with E-state index < -0.39 is 17.7 Å². The van der Waals surface area contributed by atoms with Crippen molar-refractivity contribution in [3.05, 3.63) is 68.0 Å². The third-order valence-electron chi connectivity index (χ3n) is 8.09. The molecule has 2 aliphatic heterocycles. The Morgan fingerprint density at radius 1 is 1.11 bits per heavy atom. The van der Waals surface area contributed by atoms with Crippen molar-refractivity contribution < 1.29 is 18.8 Å². The summed E-state index contributed by atoms with van der Waals surface area (Å²) in [5.74, 6) is -1.11. The Bertz CT molecular complexity index is 1450. The molecule has 3 aromatic rings. The number of hydrogen-bond donors (Lipinski definition) is 2. The number of fused-ring (bicyclic) bond motifs is 9. The van der Waals surface area contributed by atoms with Gasteiger partial charge in [-0.15, -0.1) is 11.8 Å². The first kappa shape index (κ1) is 22.4. The molecule has 3 fully saturated rings.